The van der Waals surface area contributed by atoms with Crippen LogP contribution in [0.4, 0.5) is 0 Å². The fourth-order valence-corrected chi connectivity index (χ4v) is 1.96. The Hall–Kier alpha value is -1.76. The van der Waals surface area contributed by atoms with Crippen molar-refractivity contribution >= 4 is 17.2 Å². The number of carbonyl (C=O) groups is 1. The van der Waals surface area contributed by atoms with Crippen LogP contribution >= 0.6 is 11.3 Å². The van der Waals surface area contributed by atoms with Crippen molar-refractivity contribution in [2.24, 2.45) is 0 Å². The lowest BCUT2D eigenvalue weighted by atomic mass is 10.2. The number of aromatic nitrogens is 4. The summed E-state index contributed by atoms with van der Waals surface area (Å²) in [4.78, 5) is 11.6. The second kappa shape index (κ2) is 4.84. The highest BCUT2D eigenvalue weighted by molar-refractivity contribution is 7.07. The first-order valence-corrected chi connectivity index (χ1v) is 5.74. The summed E-state index contributed by atoms with van der Waals surface area (Å²) in [7, 11) is 0. The van der Waals surface area contributed by atoms with E-state index in [0.29, 0.717) is 12.2 Å². The number of carbonyl (C=O) groups excluding carboxylic acids is 1. The molecular formula is C9H11N5OS. The Kier molecular flexibility index (Phi) is 3.25. The third-order valence-electron chi connectivity index (χ3n) is 2.07. The predicted molar refractivity (Wildman–Crippen MR) is 58.8 cm³/mol. The van der Waals surface area contributed by atoms with Crippen molar-refractivity contribution in [1.82, 2.24) is 25.9 Å². The average molecular weight is 237 g/mol. The molecule has 84 valence electrons. The van der Waals surface area contributed by atoms with Crippen molar-refractivity contribution in [3.8, 4) is 0 Å². The Bertz CT molecular complexity index is 438. The van der Waals surface area contributed by atoms with Gasteiger partial charge in [0.2, 0.25) is 5.91 Å². The van der Waals surface area contributed by atoms with Crippen LogP contribution in [-0.2, 0) is 11.2 Å². The average Bonchev–Trinajstić information content (AvgIpc) is 2.88. The highest BCUT2D eigenvalue weighted by atomic mass is 32.1. The number of nitrogens with one attached hydrogen (secondary N) is 2. The van der Waals surface area contributed by atoms with E-state index in [9.17, 15) is 4.79 Å². The van der Waals surface area contributed by atoms with Gasteiger partial charge in [0.05, 0.1) is 12.5 Å². The number of aromatic amines is 1. The highest BCUT2D eigenvalue weighted by Gasteiger charge is 2.13. The number of hydrogen-bond acceptors (Lipinski definition) is 5. The van der Waals surface area contributed by atoms with Crippen LogP contribution < -0.4 is 5.32 Å². The zero-order valence-corrected chi connectivity index (χ0v) is 9.49. The Morgan fingerprint density at radius 3 is 3.19 bits per heavy atom. The van der Waals surface area contributed by atoms with Gasteiger partial charge in [0.15, 0.2) is 5.82 Å². The van der Waals surface area contributed by atoms with Gasteiger partial charge in [0.1, 0.15) is 0 Å². The summed E-state index contributed by atoms with van der Waals surface area (Å²) < 4.78 is 0. The standard InChI is InChI=1S/C9H11N5OS/c1-6(9-11-13-14-12-9)10-8(15)4-7-2-3-16-5-7/h2-3,5-6H,4H2,1H3,(H,10,15)(H,11,12,13,14). The molecule has 0 aliphatic heterocycles. The third kappa shape index (κ3) is 2.63. The number of nitrogens with zero attached hydrogens (tertiary/aromatic N) is 3. The van der Waals surface area contributed by atoms with Crippen LogP contribution in [0, 0.1) is 0 Å². The van der Waals surface area contributed by atoms with Crippen molar-refractivity contribution in [3.63, 3.8) is 0 Å². The van der Waals surface area contributed by atoms with E-state index >= 15 is 0 Å². The van der Waals surface area contributed by atoms with Gasteiger partial charge in [0, 0.05) is 0 Å². The van der Waals surface area contributed by atoms with E-state index in [1.807, 2.05) is 23.8 Å². The molecule has 1 amide bonds. The molecule has 2 aromatic heterocycles. The molecule has 2 heterocycles. The second-order valence-corrected chi connectivity index (χ2v) is 4.15. The van der Waals surface area contributed by atoms with Gasteiger partial charge in [0.25, 0.3) is 0 Å². The smallest absolute Gasteiger partial charge is 0.225 e. The van der Waals surface area contributed by atoms with Crippen molar-refractivity contribution in [2.45, 2.75) is 19.4 Å². The molecule has 1 atom stereocenters. The summed E-state index contributed by atoms with van der Waals surface area (Å²) in [5, 5.41) is 20.1. The Morgan fingerprint density at radius 1 is 1.69 bits per heavy atom. The predicted octanol–water partition coefficient (Wildman–Crippen LogP) is 0.681. The zero-order chi connectivity index (χ0) is 11.4. The van der Waals surface area contributed by atoms with E-state index < -0.39 is 0 Å². The first kappa shape index (κ1) is 10.7. The van der Waals surface area contributed by atoms with E-state index in [-0.39, 0.29) is 11.9 Å². The summed E-state index contributed by atoms with van der Waals surface area (Å²) in [6, 6.07) is 1.70. The van der Waals surface area contributed by atoms with E-state index in [0.717, 1.165) is 5.56 Å². The maximum absolute atomic E-state index is 11.6. The molecule has 0 bridgehead atoms. The number of hydrogen-bond donors (Lipinski definition) is 2. The first-order chi connectivity index (χ1) is 7.75. The quantitative estimate of drug-likeness (QED) is 0.819. The maximum atomic E-state index is 11.6. The normalized spacial score (nSPS) is 12.3. The number of tetrazole rings is 1. The minimum atomic E-state index is -0.232. The molecule has 2 aromatic rings. The molecule has 0 saturated heterocycles. The van der Waals surface area contributed by atoms with E-state index in [4.69, 9.17) is 0 Å². The van der Waals surface area contributed by atoms with Crippen LogP contribution in [0.5, 0.6) is 0 Å². The lowest BCUT2D eigenvalue weighted by Gasteiger charge is -2.08. The maximum Gasteiger partial charge on any atom is 0.225 e. The fraction of sp³-hybridized carbons (Fsp3) is 0.333. The van der Waals surface area contributed by atoms with Crippen LogP contribution in [-0.4, -0.2) is 26.5 Å². The van der Waals surface area contributed by atoms with Crippen LogP contribution in [0.2, 0.25) is 0 Å². The van der Waals surface area contributed by atoms with Gasteiger partial charge >= 0.3 is 0 Å². The van der Waals surface area contributed by atoms with Gasteiger partial charge in [-0.25, -0.2) is 0 Å². The summed E-state index contributed by atoms with van der Waals surface area (Å²) in [5.74, 6) is 0.439. The van der Waals surface area contributed by atoms with Gasteiger partial charge in [-0.15, -0.1) is 10.2 Å². The molecule has 6 nitrogen and oxygen atoms in total. The minimum Gasteiger partial charge on any atom is -0.346 e. The zero-order valence-electron chi connectivity index (χ0n) is 8.67. The minimum absolute atomic E-state index is 0.0456. The van der Waals surface area contributed by atoms with Gasteiger partial charge in [-0.2, -0.15) is 16.6 Å². The molecule has 2 N–H and O–H groups in total. The van der Waals surface area contributed by atoms with Gasteiger partial charge in [-0.05, 0) is 29.3 Å². The molecule has 1 unspecified atom stereocenters. The first-order valence-electron chi connectivity index (χ1n) is 4.79. The summed E-state index contributed by atoms with van der Waals surface area (Å²) in [6.07, 6.45) is 0.381. The highest BCUT2D eigenvalue weighted by Crippen LogP contribution is 2.08. The molecule has 0 radical (unpaired) electrons. The molecule has 0 fully saturated rings. The van der Waals surface area contributed by atoms with Crippen molar-refractivity contribution < 1.29 is 4.79 Å². The lowest BCUT2D eigenvalue weighted by molar-refractivity contribution is -0.121. The summed E-state index contributed by atoms with van der Waals surface area (Å²) in [5.41, 5.74) is 1.02. The van der Waals surface area contributed by atoms with Crippen LogP contribution in [0.15, 0.2) is 16.8 Å². The largest absolute Gasteiger partial charge is 0.346 e. The van der Waals surface area contributed by atoms with Gasteiger partial charge < -0.3 is 5.32 Å². The van der Waals surface area contributed by atoms with Gasteiger partial charge in [-0.3, -0.25) is 4.79 Å². The summed E-state index contributed by atoms with van der Waals surface area (Å²) in [6.45, 7) is 1.82. The molecule has 0 saturated carbocycles. The van der Waals surface area contributed by atoms with E-state index in [2.05, 4.69) is 25.9 Å². The molecule has 0 aliphatic rings. The number of amides is 1. The molecule has 0 aromatic carbocycles. The van der Waals surface area contributed by atoms with Crippen molar-refractivity contribution in [2.75, 3.05) is 0 Å². The Morgan fingerprint density at radius 2 is 2.56 bits per heavy atom. The second-order valence-electron chi connectivity index (χ2n) is 3.37. The molecular weight excluding hydrogens is 226 g/mol. The number of H-pyrrole nitrogens is 1. The Labute approximate surface area is 96.1 Å². The topological polar surface area (TPSA) is 83.6 Å². The van der Waals surface area contributed by atoms with Crippen LogP contribution in [0.25, 0.3) is 0 Å². The molecule has 0 spiro atoms. The number of rotatable bonds is 4. The lowest BCUT2D eigenvalue weighted by Crippen LogP contribution is -2.28. The molecule has 2 rings (SSSR count). The van der Waals surface area contributed by atoms with Crippen LogP contribution in [0.3, 0.4) is 0 Å². The molecule has 16 heavy (non-hydrogen) atoms. The van der Waals surface area contributed by atoms with E-state index in [1.54, 1.807) is 11.3 Å². The Balaban J connectivity index is 1.88. The molecule has 7 heteroatoms. The molecule has 0 aliphatic carbocycles. The SMILES string of the molecule is CC(NC(=O)Cc1ccsc1)c1nn[nH]n1. The monoisotopic (exact) mass is 237 g/mol. The number of thiophene rings is 1. The van der Waals surface area contributed by atoms with E-state index in [1.165, 1.54) is 0 Å². The van der Waals surface area contributed by atoms with Gasteiger partial charge in [-0.1, -0.05) is 5.21 Å². The van der Waals surface area contributed by atoms with Crippen LogP contribution in [0.1, 0.15) is 24.4 Å². The summed E-state index contributed by atoms with van der Waals surface area (Å²) >= 11 is 1.58. The fourth-order valence-electron chi connectivity index (χ4n) is 1.29. The van der Waals surface area contributed by atoms with Crippen molar-refractivity contribution in [3.05, 3.63) is 28.2 Å². The van der Waals surface area contributed by atoms with Crippen molar-refractivity contribution in [1.29, 1.82) is 0 Å². The third-order valence-corrected chi connectivity index (χ3v) is 2.80.